The summed E-state index contributed by atoms with van der Waals surface area (Å²) in [5.41, 5.74) is 2.32. The lowest BCUT2D eigenvalue weighted by Crippen LogP contribution is -2.62. The molecule has 8 heteroatoms. The number of nitrogens with one attached hydrogen (secondary N) is 1. The largest absolute Gasteiger partial charge is 0.325 e. The molecule has 0 saturated carbocycles. The Hall–Kier alpha value is -2.87. The van der Waals surface area contributed by atoms with Crippen LogP contribution < -0.4 is 5.32 Å². The van der Waals surface area contributed by atoms with Gasteiger partial charge in [0.1, 0.15) is 0 Å². The second-order valence-electron chi connectivity index (χ2n) is 7.25. The van der Waals surface area contributed by atoms with Crippen LogP contribution in [0.1, 0.15) is 12.5 Å². The molecule has 142 valence electrons. The van der Waals surface area contributed by atoms with Crippen molar-refractivity contribution in [3.63, 3.8) is 0 Å². The van der Waals surface area contributed by atoms with E-state index < -0.39 is 18.2 Å². The summed E-state index contributed by atoms with van der Waals surface area (Å²) in [4.78, 5) is 36.6. The Balaban J connectivity index is 1.44. The highest BCUT2D eigenvalue weighted by atomic mass is 16.2. The van der Waals surface area contributed by atoms with Gasteiger partial charge in [-0.05, 0) is 19.5 Å². The molecule has 0 radical (unpaired) electrons. The van der Waals surface area contributed by atoms with E-state index in [-0.39, 0.29) is 5.91 Å². The number of nitrogens with zero attached hydrogens (tertiary/aromatic N) is 5. The molecule has 2 unspecified atom stereocenters. The molecule has 1 N–H and O–H groups in total. The first-order valence-corrected chi connectivity index (χ1v) is 9.08. The number of urea groups is 1. The van der Waals surface area contributed by atoms with E-state index in [2.05, 4.69) is 39.3 Å². The van der Waals surface area contributed by atoms with Gasteiger partial charge >= 0.3 is 6.03 Å². The highest BCUT2D eigenvalue weighted by molar-refractivity contribution is 6.04. The van der Waals surface area contributed by atoms with Crippen LogP contribution in [0, 0.1) is 0 Å². The van der Waals surface area contributed by atoms with Crippen LogP contribution in [-0.2, 0) is 11.3 Å². The van der Waals surface area contributed by atoms with Crippen molar-refractivity contribution in [1.82, 2.24) is 24.9 Å². The normalized spacial score (nSPS) is 24.1. The number of allylic oxidation sites excluding steroid dienone is 1. The minimum atomic E-state index is -0.496. The predicted molar refractivity (Wildman–Crippen MR) is 101 cm³/mol. The van der Waals surface area contributed by atoms with Gasteiger partial charge < -0.3 is 19.6 Å². The number of fused-ring (bicyclic) bond motifs is 3. The van der Waals surface area contributed by atoms with Crippen LogP contribution in [0.15, 0.2) is 47.2 Å². The number of imide groups is 1. The topological polar surface area (TPSA) is 71.5 Å². The van der Waals surface area contributed by atoms with Gasteiger partial charge in [-0.2, -0.15) is 0 Å². The summed E-state index contributed by atoms with van der Waals surface area (Å²) in [6.07, 6.45) is 1.47. The van der Waals surface area contributed by atoms with E-state index in [0.717, 1.165) is 31.3 Å². The average Bonchev–Trinajstić information content (AvgIpc) is 3.14. The molecule has 3 amide bonds. The van der Waals surface area contributed by atoms with E-state index in [9.17, 15) is 9.59 Å². The van der Waals surface area contributed by atoms with Crippen LogP contribution >= 0.6 is 0 Å². The summed E-state index contributed by atoms with van der Waals surface area (Å²) in [6, 6.07) is 9.46. The number of hydrogen-bond acceptors (Lipinski definition) is 6. The molecule has 0 aromatic heterocycles. The van der Waals surface area contributed by atoms with Gasteiger partial charge in [0.25, 0.3) is 5.91 Å². The quantitative estimate of drug-likeness (QED) is 0.834. The summed E-state index contributed by atoms with van der Waals surface area (Å²) >= 11 is 0. The van der Waals surface area contributed by atoms with Crippen molar-refractivity contribution in [2.75, 3.05) is 27.2 Å². The summed E-state index contributed by atoms with van der Waals surface area (Å²) in [5.74, 6) is 0.446. The van der Waals surface area contributed by atoms with Gasteiger partial charge in [-0.15, -0.1) is 0 Å². The minimum Gasteiger partial charge on any atom is -0.313 e. The van der Waals surface area contributed by atoms with Crippen molar-refractivity contribution in [2.24, 2.45) is 4.99 Å². The van der Waals surface area contributed by atoms with Gasteiger partial charge in [0.2, 0.25) is 5.96 Å². The Kier molecular flexibility index (Phi) is 4.35. The van der Waals surface area contributed by atoms with Crippen molar-refractivity contribution in [1.29, 1.82) is 0 Å². The first kappa shape index (κ1) is 17.5. The van der Waals surface area contributed by atoms with E-state index in [4.69, 9.17) is 0 Å². The lowest BCUT2D eigenvalue weighted by molar-refractivity contribution is -0.126. The second kappa shape index (κ2) is 6.70. The van der Waals surface area contributed by atoms with Gasteiger partial charge in [0, 0.05) is 38.6 Å². The van der Waals surface area contributed by atoms with Crippen LogP contribution in [0.5, 0.6) is 0 Å². The SMILES string of the molecule is CC1=CN2C(=NC3C2C(=O)NC(=O)N3C)N1CCN(C)Cc1ccccc1. The lowest BCUT2D eigenvalue weighted by atomic mass is 10.1. The number of benzene rings is 1. The number of carbonyl (C=O) groups is 2. The second-order valence-corrected chi connectivity index (χ2v) is 7.25. The molecule has 2 atom stereocenters. The van der Waals surface area contributed by atoms with Crippen LogP contribution in [0.4, 0.5) is 4.79 Å². The standard InChI is InChI=1S/C19H24N6O2/c1-13-11-25-15-16(23(3)19(27)21-17(15)26)20-18(25)24(13)10-9-22(2)12-14-7-5-4-6-8-14/h4-8,11,15-16H,9-10,12H2,1-3H3,(H,21,26,27). The van der Waals surface area contributed by atoms with E-state index in [0.29, 0.717) is 0 Å². The first-order valence-electron chi connectivity index (χ1n) is 9.08. The van der Waals surface area contributed by atoms with Gasteiger partial charge in [-0.1, -0.05) is 30.3 Å². The lowest BCUT2D eigenvalue weighted by Gasteiger charge is -2.34. The fourth-order valence-corrected chi connectivity index (χ4v) is 3.77. The minimum absolute atomic E-state index is 0.297. The van der Waals surface area contributed by atoms with Crippen molar-refractivity contribution >= 4 is 17.9 Å². The fraction of sp³-hybridized carbons (Fsp3) is 0.421. The zero-order valence-corrected chi connectivity index (χ0v) is 15.8. The van der Waals surface area contributed by atoms with Gasteiger partial charge in [-0.3, -0.25) is 10.1 Å². The van der Waals surface area contributed by atoms with Crippen LogP contribution in [-0.4, -0.2) is 76.9 Å². The first-order chi connectivity index (χ1) is 13.0. The Morgan fingerprint density at radius 2 is 1.96 bits per heavy atom. The summed E-state index contributed by atoms with van der Waals surface area (Å²) in [6.45, 7) is 4.50. The summed E-state index contributed by atoms with van der Waals surface area (Å²) < 4.78 is 0. The maximum atomic E-state index is 12.3. The zero-order chi connectivity index (χ0) is 19.1. The predicted octanol–water partition coefficient (Wildman–Crippen LogP) is 0.843. The number of amides is 3. The number of aliphatic imine (C=N–C) groups is 1. The molecule has 27 heavy (non-hydrogen) atoms. The molecular formula is C19H24N6O2. The number of carbonyl (C=O) groups excluding carboxylic acids is 2. The molecule has 0 spiro atoms. The fourth-order valence-electron chi connectivity index (χ4n) is 3.77. The molecule has 1 aromatic rings. The third kappa shape index (κ3) is 3.06. The van der Waals surface area contributed by atoms with Crippen LogP contribution in [0.3, 0.4) is 0 Å². The van der Waals surface area contributed by atoms with Crippen molar-refractivity contribution in [3.8, 4) is 0 Å². The monoisotopic (exact) mass is 368 g/mol. The Morgan fingerprint density at radius 1 is 1.22 bits per heavy atom. The van der Waals surface area contributed by atoms with Gasteiger partial charge in [0.05, 0.1) is 0 Å². The molecule has 3 aliphatic rings. The summed E-state index contributed by atoms with van der Waals surface area (Å²) in [5, 5.41) is 2.40. The van der Waals surface area contributed by atoms with Crippen LogP contribution in [0.25, 0.3) is 0 Å². The third-order valence-electron chi connectivity index (χ3n) is 5.27. The third-order valence-corrected chi connectivity index (χ3v) is 5.27. The van der Waals surface area contributed by atoms with E-state index in [1.165, 1.54) is 10.5 Å². The molecule has 1 aromatic carbocycles. The molecule has 1 saturated heterocycles. The van der Waals surface area contributed by atoms with Crippen molar-refractivity contribution in [2.45, 2.75) is 25.7 Å². The van der Waals surface area contributed by atoms with Gasteiger partial charge in [-0.25, -0.2) is 9.79 Å². The molecular weight excluding hydrogens is 344 g/mol. The Labute approximate surface area is 158 Å². The van der Waals surface area contributed by atoms with E-state index in [1.54, 1.807) is 7.05 Å². The summed E-state index contributed by atoms with van der Waals surface area (Å²) in [7, 11) is 3.76. The highest BCUT2D eigenvalue weighted by Gasteiger charge is 2.51. The van der Waals surface area contributed by atoms with Gasteiger partial charge in [0.15, 0.2) is 12.2 Å². The molecule has 0 bridgehead atoms. The van der Waals surface area contributed by atoms with Crippen molar-refractivity contribution < 1.29 is 9.59 Å². The smallest absolute Gasteiger partial charge is 0.313 e. The number of likely N-dealkylation sites (N-methyl/N-ethyl adjacent to an activating group) is 2. The Morgan fingerprint density at radius 3 is 2.70 bits per heavy atom. The maximum absolute atomic E-state index is 12.3. The molecule has 8 nitrogen and oxygen atoms in total. The Bertz CT molecular complexity index is 821. The van der Waals surface area contributed by atoms with Crippen LogP contribution in [0.2, 0.25) is 0 Å². The number of guanidine groups is 1. The number of rotatable bonds is 5. The number of hydrogen-bond donors (Lipinski definition) is 1. The highest BCUT2D eigenvalue weighted by Crippen LogP contribution is 2.31. The molecule has 1 fully saturated rings. The van der Waals surface area contributed by atoms with Crippen molar-refractivity contribution in [3.05, 3.63) is 47.8 Å². The maximum Gasteiger partial charge on any atom is 0.325 e. The van der Waals surface area contributed by atoms with E-state index in [1.807, 2.05) is 36.2 Å². The zero-order valence-electron chi connectivity index (χ0n) is 15.8. The molecule has 4 rings (SSSR count). The molecule has 3 heterocycles. The molecule has 3 aliphatic heterocycles. The molecule has 0 aliphatic carbocycles. The van der Waals surface area contributed by atoms with E-state index >= 15 is 0 Å². The average molecular weight is 368 g/mol.